The van der Waals surface area contributed by atoms with Crippen LogP contribution in [0.15, 0.2) is 0 Å². The summed E-state index contributed by atoms with van der Waals surface area (Å²) >= 11 is 0. The van der Waals surface area contributed by atoms with Gasteiger partial charge in [0.25, 0.3) is 0 Å². The van der Waals surface area contributed by atoms with Gasteiger partial charge in [0.05, 0.1) is 0 Å². The lowest BCUT2D eigenvalue weighted by Crippen LogP contribution is -2.31. The molecule has 1 saturated heterocycles. The Morgan fingerprint density at radius 3 is 2.88 bits per heavy atom. The van der Waals surface area contributed by atoms with Crippen LogP contribution in [0.25, 0.3) is 0 Å². The molecule has 1 N–H and O–H groups in total. The van der Waals surface area contributed by atoms with Gasteiger partial charge in [0.1, 0.15) is 0 Å². The Hall–Kier alpha value is -0.610. The largest absolute Gasteiger partial charge is 0.479 e. The number of carbonyl (C=O) groups is 1. The monoisotopic (exact) mass is 243 g/mol. The maximum atomic E-state index is 10.9. The maximum Gasteiger partial charge on any atom is 0.332 e. The fourth-order valence-corrected chi connectivity index (χ4v) is 2.54. The summed E-state index contributed by atoms with van der Waals surface area (Å²) in [5.74, 6) is -0.0217. The van der Waals surface area contributed by atoms with Crippen LogP contribution in [0.3, 0.4) is 0 Å². The molecule has 0 aromatic heterocycles. The summed E-state index contributed by atoms with van der Waals surface area (Å²) < 4.78 is 5.21. The first-order chi connectivity index (χ1) is 8.17. The fourth-order valence-electron chi connectivity index (χ4n) is 2.54. The number of carboxylic acid groups (broad SMARTS) is 1. The molecule has 2 unspecified atom stereocenters. The third-order valence-electron chi connectivity index (χ3n) is 3.42. The molecule has 1 heterocycles. The lowest BCUT2D eigenvalue weighted by atomic mass is 10.0. The lowest BCUT2D eigenvalue weighted by molar-refractivity contribution is -0.150. The highest BCUT2D eigenvalue weighted by molar-refractivity contribution is 5.72. The van der Waals surface area contributed by atoms with Crippen molar-refractivity contribution in [3.8, 4) is 0 Å². The summed E-state index contributed by atoms with van der Waals surface area (Å²) in [6.45, 7) is 7.61. The Kier molecular flexibility index (Phi) is 6.52. The van der Waals surface area contributed by atoms with Crippen LogP contribution in [0.2, 0.25) is 0 Å². The molecule has 0 bridgehead atoms. The van der Waals surface area contributed by atoms with E-state index in [1.165, 1.54) is 19.3 Å². The van der Waals surface area contributed by atoms with Gasteiger partial charge in [-0.3, -0.25) is 0 Å². The summed E-state index contributed by atoms with van der Waals surface area (Å²) in [6, 6.07) is 0. The maximum absolute atomic E-state index is 10.9. The van der Waals surface area contributed by atoms with Crippen LogP contribution in [0, 0.1) is 5.92 Å². The third-order valence-corrected chi connectivity index (χ3v) is 3.42. The van der Waals surface area contributed by atoms with Crippen LogP contribution >= 0.6 is 0 Å². The van der Waals surface area contributed by atoms with Gasteiger partial charge in [-0.15, -0.1) is 0 Å². The zero-order chi connectivity index (χ0) is 12.7. The number of hydrogen-bond acceptors (Lipinski definition) is 3. The lowest BCUT2D eigenvalue weighted by Gasteiger charge is -2.19. The van der Waals surface area contributed by atoms with Gasteiger partial charge in [0.15, 0.2) is 6.10 Å². The van der Waals surface area contributed by atoms with Crippen molar-refractivity contribution in [1.82, 2.24) is 4.90 Å². The van der Waals surface area contributed by atoms with E-state index in [0.29, 0.717) is 13.0 Å². The molecule has 0 aliphatic carbocycles. The first-order valence-electron chi connectivity index (χ1n) is 6.74. The first kappa shape index (κ1) is 14.5. The van der Waals surface area contributed by atoms with Gasteiger partial charge in [-0.25, -0.2) is 4.79 Å². The van der Waals surface area contributed by atoms with Crippen molar-refractivity contribution in [2.75, 3.05) is 26.2 Å². The Morgan fingerprint density at radius 2 is 2.29 bits per heavy atom. The number of likely N-dealkylation sites (tertiary alicyclic amines) is 1. The summed E-state index contributed by atoms with van der Waals surface area (Å²) in [4.78, 5) is 13.3. The van der Waals surface area contributed by atoms with Crippen molar-refractivity contribution in [1.29, 1.82) is 0 Å². The normalized spacial score (nSPS) is 22.8. The fraction of sp³-hybridized carbons (Fsp3) is 0.923. The molecular formula is C13H25NO3. The number of nitrogens with zero attached hydrogens (tertiary/aromatic N) is 1. The zero-order valence-corrected chi connectivity index (χ0v) is 11.0. The number of hydrogen-bond donors (Lipinski definition) is 1. The second kappa shape index (κ2) is 7.67. The van der Waals surface area contributed by atoms with Gasteiger partial charge in [-0.1, -0.05) is 13.3 Å². The van der Waals surface area contributed by atoms with Crippen molar-refractivity contribution >= 4 is 5.97 Å². The number of ether oxygens (including phenoxy) is 1. The van der Waals surface area contributed by atoms with E-state index < -0.39 is 12.1 Å². The van der Waals surface area contributed by atoms with E-state index in [4.69, 9.17) is 9.84 Å². The van der Waals surface area contributed by atoms with Gasteiger partial charge in [-0.2, -0.15) is 0 Å². The Morgan fingerprint density at radius 1 is 1.53 bits per heavy atom. The standard InChI is InChI=1S/C13H25NO3/c1-3-5-11-6-8-14(10-11)9-7-12(13(15)16)17-4-2/h11-12H,3-10H2,1-2H3,(H,15,16). The average Bonchev–Trinajstić information content (AvgIpc) is 2.72. The van der Waals surface area contributed by atoms with Crippen LogP contribution in [-0.4, -0.2) is 48.3 Å². The average molecular weight is 243 g/mol. The molecule has 0 spiro atoms. The van der Waals surface area contributed by atoms with E-state index in [0.717, 1.165) is 25.6 Å². The highest BCUT2D eigenvalue weighted by Crippen LogP contribution is 2.21. The van der Waals surface area contributed by atoms with Gasteiger partial charge < -0.3 is 14.7 Å². The van der Waals surface area contributed by atoms with Crippen molar-refractivity contribution in [2.45, 2.75) is 45.6 Å². The summed E-state index contributed by atoms with van der Waals surface area (Å²) in [6.07, 6.45) is 3.77. The Balaban J connectivity index is 2.23. The van der Waals surface area contributed by atoms with Crippen LogP contribution in [0.1, 0.15) is 39.5 Å². The molecule has 1 aliphatic heterocycles. The molecule has 4 heteroatoms. The minimum absolute atomic E-state index is 0.468. The van der Waals surface area contributed by atoms with Crippen LogP contribution in [-0.2, 0) is 9.53 Å². The quantitative estimate of drug-likeness (QED) is 0.708. The number of aliphatic carboxylic acids is 1. The minimum atomic E-state index is -0.837. The highest BCUT2D eigenvalue weighted by atomic mass is 16.5. The molecule has 0 amide bonds. The van der Waals surface area contributed by atoms with Gasteiger partial charge in [0, 0.05) is 19.7 Å². The minimum Gasteiger partial charge on any atom is -0.479 e. The second-order valence-corrected chi connectivity index (χ2v) is 4.81. The van der Waals surface area contributed by atoms with Crippen LogP contribution < -0.4 is 0 Å². The van der Waals surface area contributed by atoms with E-state index in [9.17, 15) is 4.79 Å². The molecule has 4 nitrogen and oxygen atoms in total. The molecule has 17 heavy (non-hydrogen) atoms. The predicted molar refractivity (Wildman–Crippen MR) is 67.1 cm³/mol. The summed E-state index contributed by atoms with van der Waals surface area (Å²) in [5.41, 5.74) is 0. The van der Waals surface area contributed by atoms with E-state index in [-0.39, 0.29) is 0 Å². The van der Waals surface area contributed by atoms with Gasteiger partial charge >= 0.3 is 5.97 Å². The SMILES string of the molecule is CCCC1CCN(CCC(OCC)C(=O)O)C1. The molecule has 0 aromatic rings. The molecule has 1 rings (SSSR count). The number of carboxylic acids is 1. The summed E-state index contributed by atoms with van der Waals surface area (Å²) in [5, 5.41) is 8.97. The number of rotatable bonds is 8. The Bertz CT molecular complexity index is 233. The molecule has 0 aromatic carbocycles. The second-order valence-electron chi connectivity index (χ2n) is 4.81. The molecular weight excluding hydrogens is 218 g/mol. The smallest absolute Gasteiger partial charge is 0.332 e. The molecule has 100 valence electrons. The topological polar surface area (TPSA) is 49.8 Å². The van der Waals surface area contributed by atoms with Crippen LogP contribution in [0.5, 0.6) is 0 Å². The van der Waals surface area contributed by atoms with Crippen molar-refractivity contribution in [2.24, 2.45) is 5.92 Å². The molecule has 0 radical (unpaired) electrons. The van der Waals surface area contributed by atoms with Gasteiger partial charge in [-0.05, 0) is 38.6 Å². The van der Waals surface area contributed by atoms with Crippen molar-refractivity contribution in [3.05, 3.63) is 0 Å². The van der Waals surface area contributed by atoms with Crippen molar-refractivity contribution < 1.29 is 14.6 Å². The van der Waals surface area contributed by atoms with Crippen molar-refractivity contribution in [3.63, 3.8) is 0 Å². The van der Waals surface area contributed by atoms with E-state index in [1.807, 2.05) is 6.92 Å². The van der Waals surface area contributed by atoms with E-state index in [1.54, 1.807) is 0 Å². The van der Waals surface area contributed by atoms with E-state index in [2.05, 4.69) is 11.8 Å². The predicted octanol–water partition coefficient (Wildman–Crippen LogP) is 1.99. The molecule has 2 atom stereocenters. The highest BCUT2D eigenvalue weighted by Gasteiger charge is 2.24. The Labute approximate surface area is 104 Å². The van der Waals surface area contributed by atoms with Gasteiger partial charge in [0.2, 0.25) is 0 Å². The molecule has 1 fully saturated rings. The first-order valence-corrected chi connectivity index (χ1v) is 6.74. The third kappa shape index (κ3) is 5.04. The zero-order valence-electron chi connectivity index (χ0n) is 11.0. The molecule has 1 aliphatic rings. The van der Waals surface area contributed by atoms with E-state index >= 15 is 0 Å². The van der Waals surface area contributed by atoms with Crippen LogP contribution in [0.4, 0.5) is 0 Å². The summed E-state index contributed by atoms with van der Waals surface area (Å²) in [7, 11) is 0. The molecule has 0 saturated carbocycles.